The number of carbonyl (C=O) groups excluding carboxylic acids is 1. The maximum Gasteiger partial charge on any atom is 0.271 e. The molecule has 2 rings (SSSR count). The summed E-state index contributed by atoms with van der Waals surface area (Å²) in [7, 11) is 0. The van der Waals surface area contributed by atoms with Crippen LogP contribution in [-0.4, -0.2) is 37.6 Å². The zero-order valence-corrected chi connectivity index (χ0v) is 13.0. The lowest BCUT2D eigenvalue weighted by Gasteiger charge is -2.26. The first-order chi connectivity index (χ1) is 9.29. The fourth-order valence-corrected chi connectivity index (χ4v) is 1.87. The van der Waals surface area contributed by atoms with Gasteiger partial charge in [0.1, 0.15) is 16.7 Å². The molecule has 106 valence electrons. The number of aromatic nitrogens is 3. The van der Waals surface area contributed by atoms with E-state index in [1.807, 2.05) is 0 Å². The Morgan fingerprint density at radius 1 is 1.40 bits per heavy atom. The molecule has 0 aromatic carbocycles. The van der Waals surface area contributed by atoms with Crippen molar-refractivity contribution < 1.29 is 9.90 Å². The quantitative estimate of drug-likeness (QED) is 0.888. The Labute approximate surface area is 124 Å². The normalized spacial score (nSPS) is 13.2. The van der Waals surface area contributed by atoms with Gasteiger partial charge in [-0.1, -0.05) is 0 Å². The van der Waals surface area contributed by atoms with Crippen molar-refractivity contribution in [3.63, 3.8) is 0 Å². The van der Waals surface area contributed by atoms with Crippen LogP contribution in [0.25, 0.3) is 11.0 Å². The van der Waals surface area contributed by atoms with Crippen LogP contribution in [0, 0.1) is 0 Å². The molecule has 2 heterocycles. The molecule has 0 radical (unpaired) electrons. The molecule has 0 aliphatic heterocycles. The van der Waals surface area contributed by atoms with Gasteiger partial charge in [-0.2, -0.15) is 0 Å². The molecule has 0 saturated heterocycles. The summed E-state index contributed by atoms with van der Waals surface area (Å²) in [5, 5.41) is 12.5. The fraction of sp³-hybridized carbons (Fsp3) is 0.385. The van der Waals surface area contributed by atoms with Gasteiger partial charge < -0.3 is 10.4 Å². The number of rotatable bonds is 3. The van der Waals surface area contributed by atoms with Gasteiger partial charge >= 0.3 is 0 Å². The first kappa shape index (κ1) is 14.8. The van der Waals surface area contributed by atoms with Gasteiger partial charge in [0.05, 0.1) is 28.5 Å². The Bertz CT molecular complexity index is 654. The van der Waals surface area contributed by atoms with Crippen LogP contribution in [0.1, 0.15) is 31.3 Å². The Kier molecular flexibility index (Phi) is 4.01. The van der Waals surface area contributed by atoms with Crippen LogP contribution in [0.4, 0.5) is 0 Å². The average Bonchev–Trinajstić information content (AvgIpc) is 2.37. The van der Waals surface area contributed by atoms with Gasteiger partial charge in [0, 0.05) is 6.20 Å². The number of nitrogens with zero attached hydrogens (tertiary/aromatic N) is 3. The molecule has 20 heavy (non-hydrogen) atoms. The van der Waals surface area contributed by atoms with E-state index in [-0.39, 0.29) is 11.6 Å². The van der Waals surface area contributed by atoms with Crippen molar-refractivity contribution in [3.05, 3.63) is 28.8 Å². The summed E-state index contributed by atoms with van der Waals surface area (Å²) in [6.07, 6.45) is 4.56. The summed E-state index contributed by atoms with van der Waals surface area (Å²) in [6.45, 7) is 4.99. The van der Waals surface area contributed by atoms with Crippen LogP contribution in [0.3, 0.4) is 0 Å². The zero-order valence-electron chi connectivity index (χ0n) is 11.4. The summed E-state index contributed by atoms with van der Waals surface area (Å²) in [6, 6.07) is -0.409. The first-order valence-electron chi connectivity index (χ1n) is 6.08. The Morgan fingerprint density at radius 3 is 2.75 bits per heavy atom. The fourth-order valence-electron chi connectivity index (χ4n) is 1.46. The minimum Gasteiger partial charge on any atom is -0.388 e. The topological polar surface area (TPSA) is 88.0 Å². The molecule has 1 amide bonds. The highest BCUT2D eigenvalue weighted by atomic mass is 79.9. The zero-order chi connectivity index (χ0) is 14.9. The van der Waals surface area contributed by atoms with Crippen LogP contribution in [0.2, 0.25) is 0 Å². The highest BCUT2D eigenvalue weighted by Crippen LogP contribution is 2.19. The van der Waals surface area contributed by atoms with E-state index in [9.17, 15) is 9.90 Å². The van der Waals surface area contributed by atoms with E-state index in [1.165, 1.54) is 6.20 Å². The lowest BCUT2D eigenvalue weighted by molar-refractivity contribution is 0.0407. The minimum atomic E-state index is -1.01. The van der Waals surface area contributed by atoms with E-state index in [1.54, 1.807) is 33.2 Å². The second-order valence-electron chi connectivity index (χ2n) is 5.09. The number of hydrogen-bond donors (Lipinski definition) is 2. The molecule has 0 aliphatic rings. The van der Waals surface area contributed by atoms with Gasteiger partial charge in [-0.3, -0.25) is 14.8 Å². The maximum absolute atomic E-state index is 12.1. The van der Waals surface area contributed by atoms with E-state index in [2.05, 4.69) is 36.2 Å². The molecule has 7 heteroatoms. The molecule has 2 aromatic heterocycles. The smallest absolute Gasteiger partial charge is 0.271 e. The Hall–Kier alpha value is -1.60. The molecule has 0 bridgehead atoms. The largest absolute Gasteiger partial charge is 0.388 e. The third kappa shape index (κ3) is 3.10. The third-order valence-electron chi connectivity index (χ3n) is 3.05. The van der Waals surface area contributed by atoms with Crippen molar-refractivity contribution in [2.45, 2.75) is 32.4 Å². The number of carbonyl (C=O) groups is 1. The lowest BCUT2D eigenvalue weighted by Crippen LogP contribution is -2.47. The Morgan fingerprint density at radius 2 is 2.10 bits per heavy atom. The standard InChI is InChI=1S/C13H15BrN4O2/c1-7(13(2,3)20)17-12(19)10-6-16-9-5-15-4-8(14)11(9)18-10/h4-7,20H,1-3H3,(H,17,19)/t7-/m1/s1. The SMILES string of the molecule is C[C@@H](NC(=O)c1cnc2cncc(Br)c2n1)C(C)(C)O. The number of amides is 1. The molecular weight excluding hydrogens is 324 g/mol. The summed E-state index contributed by atoms with van der Waals surface area (Å²) < 4.78 is 0.674. The summed E-state index contributed by atoms with van der Waals surface area (Å²) in [5.74, 6) is -0.377. The number of hydrogen-bond acceptors (Lipinski definition) is 5. The van der Waals surface area contributed by atoms with Crippen molar-refractivity contribution in [2.75, 3.05) is 0 Å². The van der Waals surface area contributed by atoms with E-state index in [0.717, 1.165) is 0 Å². The van der Waals surface area contributed by atoms with Crippen molar-refractivity contribution in [2.24, 2.45) is 0 Å². The molecule has 6 nitrogen and oxygen atoms in total. The second kappa shape index (κ2) is 5.41. The number of halogens is 1. The predicted octanol–water partition coefficient (Wildman–Crippen LogP) is 1.68. The molecule has 0 spiro atoms. The number of nitrogens with one attached hydrogen (secondary N) is 1. The van der Waals surface area contributed by atoms with Crippen molar-refractivity contribution in [1.29, 1.82) is 0 Å². The highest BCUT2D eigenvalue weighted by Gasteiger charge is 2.24. The van der Waals surface area contributed by atoms with E-state index in [0.29, 0.717) is 15.5 Å². The van der Waals surface area contributed by atoms with Gasteiger partial charge in [0.15, 0.2) is 0 Å². The van der Waals surface area contributed by atoms with Crippen LogP contribution in [-0.2, 0) is 0 Å². The Balaban J connectivity index is 2.29. The first-order valence-corrected chi connectivity index (χ1v) is 6.88. The van der Waals surface area contributed by atoms with E-state index >= 15 is 0 Å². The lowest BCUT2D eigenvalue weighted by atomic mass is 10.0. The molecule has 0 aliphatic carbocycles. The van der Waals surface area contributed by atoms with Crippen LogP contribution in [0.5, 0.6) is 0 Å². The van der Waals surface area contributed by atoms with Gasteiger partial charge in [-0.05, 0) is 36.7 Å². The molecule has 2 aromatic rings. The van der Waals surface area contributed by atoms with Crippen molar-refractivity contribution in [3.8, 4) is 0 Å². The van der Waals surface area contributed by atoms with Gasteiger partial charge in [-0.15, -0.1) is 0 Å². The van der Waals surface area contributed by atoms with Crippen LogP contribution >= 0.6 is 15.9 Å². The number of pyridine rings is 1. The molecule has 1 atom stereocenters. The highest BCUT2D eigenvalue weighted by molar-refractivity contribution is 9.10. The number of fused-ring (bicyclic) bond motifs is 1. The van der Waals surface area contributed by atoms with E-state index in [4.69, 9.17) is 0 Å². The average molecular weight is 339 g/mol. The monoisotopic (exact) mass is 338 g/mol. The molecule has 0 unspecified atom stereocenters. The summed E-state index contributed by atoms with van der Waals surface area (Å²) >= 11 is 3.33. The van der Waals surface area contributed by atoms with Crippen LogP contribution in [0.15, 0.2) is 23.1 Å². The molecular formula is C13H15BrN4O2. The van der Waals surface area contributed by atoms with Crippen molar-refractivity contribution >= 4 is 32.9 Å². The molecule has 0 saturated carbocycles. The van der Waals surface area contributed by atoms with E-state index < -0.39 is 11.6 Å². The summed E-state index contributed by atoms with van der Waals surface area (Å²) in [4.78, 5) is 24.5. The van der Waals surface area contributed by atoms with Crippen molar-refractivity contribution in [1.82, 2.24) is 20.3 Å². The van der Waals surface area contributed by atoms with Gasteiger partial charge in [0.2, 0.25) is 0 Å². The van der Waals surface area contributed by atoms with Gasteiger partial charge in [0.25, 0.3) is 5.91 Å². The predicted molar refractivity (Wildman–Crippen MR) is 78.3 cm³/mol. The molecule has 2 N–H and O–H groups in total. The van der Waals surface area contributed by atoms with Gasteiger partial charge in [-0.25, -0.2) is 4.98 Å². The second-order valence-corrected chi connectivity index (χ2v) is 5.95. The minimum absolute atomic E-state index is 0.195. The third-order valence-corrected chi connectivity index (χ3v) is 3.63. The summed E-state index contributed by atoms with van der Waals surface area (Å²) in [5.41, 5.74) is 0.361. The maximum atomic E-state index is 12.1. The molecule has 0 fully saturated rings. The number of aliphatic hydroxyl groups is 1. The van der Waals surface area contributed by atoms with Crippen LogP contribution < -0.4 is 5.32 Å².